The van der Waals surface area contributed by atoms with Gasteiger partial charge >= 0.3 is 0 Å². The number of hydrogen-bond donors (Lipinski definition) is 2. The number of nitrogens with one attached hydrogen (secondary N) is 2. The fourth-order valence-electron chi connectivity index (χ4n) is 2.65. The van der Waals surface area contributed by atoms with E-state index in [2.05, 4.69) is 10.6 Å². The molecule has 25 heavy (non-hydrogen) atoms. The normalized spacial score (nSPS) is 16.3. The van der Waals surface area contributed by atoms with E-state index in [1.807, 2.05) is 0 Å². The second-order valence-corrected chi connectivity index (χ2v) is 5.76. The molecule has 6 nitrogen and oxygen atoms in total. The number of carbonyl (C=O) groups is 2. The Hall–Kier alpha value is -2.86. The Morgan fingerprint density at radius 2 is 1.84 bits per heavy atom. The molecular weight excluding hydrogens is 320 g/mol. The smallest absolute Gasteiger partial charge is 0.255 e. The Balaban J connectivity index is 1.67. The number of ether oxygens (including phenoxy) is 2. The summed E-state index contributed by atoms with van der Waals surface area (Å²) in [5.41, 5.74) is 1.66. The molecule has 2 N–H and O–H groups in total. The second kappa shape index (κ2) is 7.81. The van der Waals surface area contributed by atoms with Gasteiger partial charge in [0.25, 0.3) is 11.8 Å². The first-order valence-electron chi connectivity index (χ1n) is 8.13. The lowest BCUT2D eigenvalue weighted by molar-refractivity contribution is -0.124. The van der Waals surface area contributed by atoms with Crippen LogP contribution in [0.15, 0.2) is 48.5 Å². The maximum absolute atomic E-state index is 12.4. The van der Waals surface area contributed by atoms with Crippen LogP contribution >= 0.6 is 0 Å². The minimum atomic E-state index is -0.408. The van der Waals surface area contributed by atoms with Gasteiger partial charge in [-0.1, -0.05) is 12.1 Å². The van der Waals surface area contributed by atoms with Crippen molar-refractivity contribution >= 4 is 23.2 Å². The average molecular weight is 340 g/mol. The first-order valence-corrected chi connectivity index (χ1v) is 8.13. The number of anilines is 2. The van der Waals surface area contributed by atoms with Gasteiger partial charge in [-0.15, -0.1) is 0 Å². The first-order chi connectivity index (χ1) is 12.2. The molecule has 1 heterocycles. The van der Waals surface area contributed by atoms with E-state index in [1.54, 1.807) is 55.6 Å². The van der Waals surface area contributed by atoms with E-state index >= 15 is 0 Å². The van der Waals surface area contributed by atoms with Crippen LogP contribution in [-0.2, 0) is 9.53 Å². The summed E-state index contributed by atoms with van der Waals surface area (Å²) < 4.78 is 10.5. The van der Waals surface area contributed by atoms with Crippen LogP contribution < -0.4 is 15.4 Å². The summed E-state index contributed by atoms with van der Waals surface area (Å²) in [6.07, 6.45) is 1.21. The first kappa shape index (κ1) is 17.0. The molecule has 0 aromatic heterocycles. The topological polar surface area (TPSA) is 76.7 Å². The predicted octanol–water partition coefficient (Wildman–Crippen LogP) is 3.07. The Kier molecular flexibility index (Phi) is 5.30. The molecule has 0 unspecified atom stereocenters. The van der Waals surface area contributed by atoms with E-state index < -0.39 is 6.10 Å². The van der Waals surface area contributed by atoms with E-state index in [0.717, 1.165) is 12.8 Å². The number of hydrogen-bond acceptors (Lipinski definition) is 4. The highest BCUT2D eigenvalue weighted by atomic mass is 16.5. The molecule has 0 bridgehead atoms. The van der Waals surface area contributed by atoms with Crippen molar-refractivity contribution in [1.82, 2.24) is 0 Å². The minimum absolute atomic E-state index is 0.178. The van der Waals surface area contributed by atoms with Crippen LogP contribution in [0.4, 0.5) is 11.4 Å². The molecule has 1 atom stereocenters. The van der Waals surface area contributed by atoms with E-state index in [-0.39, 0.29) is 11.8 Å². The van der Waals surface area contributed by atoms with E-state index in [9.17, 15) is 9.59 Å². The highest BCUT2D eigenvalue weighted by Gasteiger charge is 2.23. The third-order valence-electron chi connectivity index (χ3n) is 3.94. The molecule has 0 spiro atoms. The predicted molar refractivity (Wildman–Crippen MR) is 95.0 cm³/mol. The molecule has 0 saturated carbocycles. The van der Waals surface area contributed by atoms with Gasteiger partial charge in [-0.2, -0.15) is 0 Å². The van der Waals surface area contributed by atoms with Gasteiger partial charge in [-0.3, -0.25) is 9.59 Å². The van der Waals surface area contributed by atoms with Gasteiger partial charge in [0, 0.05) is 29.6 Å². The standard InChI is InChI=1S/C19H20N2O4/c1-24-16-8-3-7-15(12-16)20-18(22)13-5-2-6-14(11-13)21-19(23)17-9-4-10-25-17/h2-3,5-8,11-12,17H,4,9-10H2,1H3,(H,20,22)(H,21,23)/t17-/m0/s1. The summed E-state index contributed by atoms with van der Waals surface area (Å²) in [6, 6.07) is 13.9. The van der Waals surface area contributed by atoms with Gasteiger partial charge in [-0.05, 0) is 43.2 Å². The molecular formula is C19H20N2O4. The molecule has 1 aliphatic heterocycles. The molecule has 2 aromatic rings. The van der Waals surface area contributed by atoms with E-state index in [0.29, 0.717) is 29.3 Å². The molecule has 1 fully saturated rings. The Labute approximate surface area is 146 Å². The van der Waals surface area contributed by atoms with Crippen molar-refractivity contribution in [3.63, 3.8) is 0 Å². The minimum Gasteiger partial charge on any atom is -0.497 e. The average Bonchev–Trinajstić information content (AvgIpc) is 3.17. The number of rotatable bonds is 5. The van der Waals surface area contributed by atoms with Gasteiger partial charge in [0.15, 0.2) is 0 Å². The molecule has 0 aliphatic carbocycles. The third-order valence-corrected chi connectivity index (χ3v) is 3.94. The zero-order valence-electron chi connectivity index (χ0n) is 14.0. The van der Waals surface area contributed by atoms with Crippen LogP contribution in [0.3, 0.4) is 0 Å². The molecule has 2 amide bonds. The van der Waals surface area contributed by atoms with Crippen molar-refractivity contribution < 1.29 is 19.1 Å². The molecule has 6 heteroatoms. The summed E-state index contributed by atoms with van der Waals surface area (Å²) in [6.45, 7) is 0.612. The van der Waals surface area contributed by atoms with Crippen molar-refractivity contribution in [2.45, 2.75) is 18.9 Å². The maximum Gasteiger partial charge on any atom is 0.255 e. The van der Waals surface area contributed by atoms with Crippen LogP contribution in [0.2, 0.25) is 0 Å². The lowest BCUT2D eigenvalue weighted by Gasteiger charge is -2.12. The van der Waals surface area contributed by atoms with Crippen molar-refractivity contribution in [2.75, 3.05) is 24.4 Å². The van der Waals surface area contributed by atoms with Crippen LogP contribution in [0.25, 0.3) is 0 Å². The molecule has 0 radical (unpaired) electrons. The van der Waals surface area contributed by atoms with Crippen LogP contribution in [0.1, 0.15) is 23.2 Å². The Bertz CT molecular complexity index is 770. The van der Waals surface area contributed by atoms with E-state index in [1.165, 1.54) is 0 Å². The van der Waals surface area contributed by atoms with Crippen molar-refractivity contribution in [1.29, 1.82) is 0 Å². The third kappa shape index (κ3) is 4.36. The van der Waals surface area contributed by atoms with Gasteiger partial charge < -0.3 is 20.1 Å². The van der Waals surface area contributed by atoms with Crippen molar-refractivity contribution in [3.8, 4) is 5.75 Å². The SMILES string of the molecule is COc1cccc(NC(=O)c2cccc(NC(=O)[C@@H]3CCCO3)c2)c1. The highest BCUT2D eigenvalue weighted by molar-refractivity contribution is 6.05. The number of amides is 2. The molecule has 130 valence electrons. The van der Waals surface area contributed by atoms with Crippen molar-refractivity contribution in [2.24, 2.45) is 0 Å². The van der Waals surface area contributed by atoms with Crippen molar-refractivity contribution in [3.05, 3.63) is 54.1 Å². The van der Waals surface area contributed by atoms with Gasteiger partial charge in [-0.25, -0.2) is 0 Å². The summed E-state index contributed by atoms with van der Waals surface area (Å²) in [5, 5.41) is 5.61. The lowest BCUT2D eigenvalue weighted by Crippen LogP contribution is -2.27. The van der Waals surface area contributed by atoms with E-state index in [4.69, 9.17) is 9.47 Å². The Morgan fingerprint density at radius 1 is 1.08 bits per heavy atom. The quantitative estimate of drug-likeness (QED) is 0.877. The zero-order valence-corrected chi connectivity index (χ0v) is 14.0. The van der Waals surface area contributed by atoms with Crippen LogP contribution in [-0.4, -0.2) is 31.6 Å². The molecule has 3 rings (SSSR count). The summed E-state index contributed by atoms with van der Waals surface area (Å²) in [7, 11) is 1.57. The summed E-state index contributed by atoms with van der Waals surface area (Å²) in [4.78, 5) is 24.5. The Morgan fingerprint density at radius 3 is 2.56 bits per heavy atom. The monoisotopic (exact) mass is 340 g/mol. The van der Waals surface area contributed by atoms with Crippen LogP contribution in [0, 0.1) is 0 Å². The summed E-state index contributed by atoms with van der Waals surface area (Å²) >= 11 is 0. The maximum atomic E-state index is 12.4. The fraction of sp³-hybridized carbons (Fsp3) is 0.263. The highest BCUT2D eigenvalue weighted by Crippen LogP contribution is 2.19. The molecule has 1 aliphatic rings. The van der Waals surface area contributed by atoms with Gasteiger partial charge in [0.05, 0.1) is 7.11 Å². The zero-order chi connectivity index (χ0) is 17.6. The molecule has 2 aromatic carbocycles. The largest absolute Gasteiger partial charge is 0.497 e. The van der Waals surface area contributed by atoms with Crippen LogP contribution in [0.5, 0.6) is 5.75 Å². The van der Waals surface area contributed by atoms with Gasteiger partial charge in [0.1, 0.15) is 11.9 Å². The molecule has 1 saturated heterocycles. The second-order valence-electron chi connectivity index (χ2n) is 5.76. The summed E-state index contributed by atoms with van der Waals surface area (Å²) in [5.74, 6) is 0.222. The lowest BCUT2D eigenvalue weighted by atomic mass is 10.1. The number of carbonyl (C=O) groups excluding carboxylic acids is 2. The fourth-order valence-corrected chi connectivity index (χ4v) is 2.65. The van der Waals surface area contributed by atoms with Gasteiger partial charge in [0.2, 0.25) is 0 Å². The number of benzene rings is 2. The number of methoxy groups -OCH3 is 1.